The predicted molar refractivity (Wildman–Crippen MR) is 89.6 cm³/mol. The summed E-state index contributed by atoms with van der Waals surface area (Å²) in [5, 5.41) is 3.19. The molecule has 1 amide bonds. The Morgan fingerprint density at radius 1 is 1.38 bits per heavy atom. The highest BCUT2D eigenvalue weighted by atomic mass is 79.9. The van der Waals surface area contributed by atoms with Gasteiger partial charge in [0.1, 0.15) is 5.69 Å². The summed E-state index contributed by atoms with van der Waals surface area (Å²) in [7, 11) is 0. The molecule has 0 saturated carbocycles. The summed E-state index contributed by atoms with van der Waals surface area (Å²) in [4.78, 5) is 14.9. The molecule has 2 rings (SSSR count). The molecule has 0 bridgehead atoms. The lowest BCUT2D eigenvalue weighted by Crippen LogP contribution is -2.51. The number of likely N-dealkylation sites (tertiary alicyclic amines) is 1. The fraction of sp³-hybridized carbons (Fsp3) is 0.688. The van der Waals surface area contributed by atoms with E-state index < -0.39 is 0 Å². The van der Waals surface area contributed by atoms with Crippen molar-refractivity contribution < 1.29 is 4.79 Å². The minimum absolute atomic E-state index is 0.0387. The highest BCUT2D eigenvalue weighted by Gasteiger charge is 2.28. The average molecular weight is 356 g/mol. The molecule has 1 N–H and O–H groups in total. The Morgan fingerprint density at radius 2 is 2.00 bits per heavy atom. The molecule has 4 nitrogen and oxygen atoms in total. The van der Waals surface area contributed by atoms with E-state index in [0.29, 0.717) is 0 Å². The van der Waals surface area contributed by atoms with Gasteiger partial charge in [-0.05, 0) is 62.5 Å². The monoisotopic (exact) mass is 355 g/mol. The van der Waals surface area contributed by atoms with Gasteiger partial charge in [-0.15, -0.1) is 0 Å². The largest absolute Gasteiger partial charge is 0.348 e. The summed E-state index contributed by atoms with van der Waals surface area (Å²) in [6.07, 6.45) is 4.01. The molecule has 0 spiro atoms. The molecule has 1 aliphatic rings. The second kappa shape index (κ2) is 6.53. The molecule has 0 radical (unpaired) electrons. The van der Waals surface area contributed by atoms with Crippen LogP contribution in [0.5, 0.6) is 0 Å². The molecular weight excluding hydrogens is 330 g/mol. The SMILES string of the molecule is CCn1cc(Br)cc1C(=O)NC1CCN(C(C)(C)C)CC1. The number of rotatable bonds is 3. The number of carbonyl (C=O) groups is 1. The van der Waals surface area contributed by atoms with Crippen LogP contribution in [0.25, 0.3) is 0 Å². The number of aromatic nitrogens is 1. The molecule has 0 unspecified atom stereocenters. The number of nitrogens with zero attached hydrogens (tertiary/aromatic N) is 2. The molecule has 21 heavy (non-hydrogen) atoms. The van der Waals surface area contributed by atoms with Gasteiger partial charge in [0.15, 0.2) is 0 Å². The van der Waals surface area contributed by atoms with Crippen molar-refractivity contribution in [2.75, 3.05) is 13.1 Å². The topological polar surface area (TPSA) is 37.3 Å². The highest BCUT2D eigenvalue weighted by molar-refractivity contribution is 9.10. The van der Waals surface area contributed by atoms with Crippen molar-refractivity contribution in [2.45, 2.75) is 58.7 Å². The van der Waals surface area contributed by atoms with E-state index in [1.54, 1.807) is 0 Å². The predicted octanol–water partition coefficient (Wildman–Crippen LogP) is 3.26. The van der Waals surface area contributed by atoms with Crippen LogP contribution in [-0.4, -0.2) is 40.0 Å². The summed E-state index contributed by atoms with van der Waals surface area (Å²) in [5.41, 5.74) is 0.958. The molecule has 118 valence electrons. The third-order valence-corrected chi connectivity index (χ3v) is 4.65. The molecule has 1 saturated heterocycles. The van der Waals surface area contributed by atoms with E-state index >= 15 is 0 Å². The number of halogens is 1. The Hall–Kier alpha value is -0.810. The molecule has 1 aromatic rings. The second-order valence-corrected chi connectivity index (χ2v) is 7.65. The second-order valence-electron chi connectivity index (χ2n) is 6.74. The smallest absolute Gasteiger partial charge is 0.268 e. The quantitative estimate of drug-likeness (QED) is 0.903. The van der Waals surface area contributed by atoms with Crippen LogP contribution in [0.3, 0.4) is 0 Å². The molecule has 1 fully saturated rings. The molecule has 5 heteroatoms. The Labute approximate surface area is 136 Å². The van der Waals surface area contributed by atoms with E-state index in [-0.39, 0.29) is 17.5 Å². The zero-order chi connectivity index (χ0) is 15.6. The minimum Gasteiger partial charge on any atom is -0.348 e. The lowest BCUT2D eigenvalue weighted by Gasteiger charge is -2.41. The Balaban J connectivity index is 1.93. The van der Waals surface area contributed by atoms with Gasteiger partial charge in [0, 0.05) is 41.9 Å². The third kappa shape index (κ3) is 4.10. The van der Waals surface area contributed by atoms with Gasteiger partial charge in [-0.1, -0.05) is 0 Å². The summed E-state index contributed by atoms with van der Waals surface area (Å²) in [6.45, 7) is 11.7. The molecular formula is C16H26BrN3O. The van der Waals surface area contributed by atoms with Crippen LogP contribution < -0.4 is 5.32 Å². The molecule has 0 aromatic carbocycles. The number of aryl methyl sites for hydroxylation is 1. The fourth-order valence-corrected chi connectivity index (χ4v) is 3.34. The van der Waals surface area contributed by atoms with Gasteiger partial charge < -0.3 is 9.88 Å². The van der Waals surface area contributed by atoms with E-state index in [0.717, 1.165) is 42.6 Å². The van der Waals surface area contributed by atoms with Crippen molar-refractivity contribution >= 4 is 21.8 Å². The van der Waals surface area contributed by atoms with E-state index in [1.807, 2.05) is 23.8 Å². The van der Waals surface area contributed by atoms with Crippen molar-refractivity contribution in [1.82, 2.24) is 14.8 Å². The van der Waals surface area contributed by atoms with E-state index in [9.17, 15) is 4.79 Å². The van der Waals surface area contributed by atoms with E-state index in [1.165, 1.54) is 0 Å². The molecule has 2 heterocycles. The third-order valence-electron chi connectivity index (χ3n) is 4.22. The van der Waals surface area contributed by atoms with Crippen molar-refractivity contribution in [2.24, 2.45) is 0 Å². The fourth-order valence-electron chi connectivity index (χ4n) is 2.88. The standard InChI is InChI=1S/C16H26BrN3O/c1-5-19-11-12(17)10-14(19)15(21)18-13-6-8-20(9-7-13)16(2,3)4/h10-11,13H,5-9H2,1-4H3,(H,18,21). The number of piperidine rings is 1. The van der Waals surface area contributed by atoms with Crippen molar-refractivity contribution in [3.05, 3.63) is 22.4 Å². The molecule has 0 aliphatic carbocycles. The zero-order valence-electron chi connectivity index (χ0n) is 13.4. The Morgan fingerprint density at radius 3 is 2.52 bits per heavy atom. The first-order chi connectivity index (χ1) is 9.81. The van der Waals surface area contributed by atoms with E-state index in [2.05, 4.69) is 46.9 Å². The summed E-state index contributed by atoms with van der Waals surface area (Å²) >= 11 is 3.44. The molecule has 1 aromatic heterocycles. The van der Waals surface area contributed by atoms with Gasteiger partial charge >= 0.3 is 0 Å². The van der Waals surface area contributed by atoms with Crippen LogP contribution in [0.1, 0.15) is 51.0 Å². The summed E-state index contributed by atoms with van der Waals surface area (Å²) in [5.74, 6) is 0.0387. The first-order valence-corrected chi connectivity index (χ1v) is 8.52. The van der Waals surface area contributed by atoms with E-state index in [4.69, 9.17) is 0 Å². The highest BCUT2D eigenvalue weighted by Crippen LogP contribution is 2.21. The normalized spacial score (nSPS) is 18.0. The van der Waals surface area contributed by atoms with Gasteiger partial charge in [0.25, 0.3) is 5.91 Å². The number of nitrogens with one attached hydrogen (secondary N) is 1. The first-order valence-electron chi connectivity index (χ1n) is 7.73. The number of amides is 1. The maximum atomic E-state index is 12.4. The Bertz CT molecular complexity index is 496. The average Bonchev–Trinajstić information content (AvgIpc) is 2.79. The lowest BCUT2D eigenvalue weighted by molar-refractivity contribution is 0.0806. The molecule has 1 aliphatic heterocycles. The number of hydrogen-bond donors (Lipinski definition) is 1. The van der Waals surface area contributed by atoms with Gasteiger partial charge in [-0.25, -0.2) is 0 Å². The maximum absolute atomic E-state index is 12.4. The van der Waals surface area contributed by atoms with Crippen LogP contribution >= 0.6 is 15.9 Å². The Kier molecular flexibility index (Phi) is 5.15. The van der Waals surface area contributed by atoms with Crippen LogP contribution in [0, 0.1) is 0 Å². The first kappa shape index (κ1) is 16.6. The number of carbonyl (C=O) groups excluding carboxylic acids is 1. The molecule has 0 atom stereocenters. The van der Waals surface area contributed by atoms with Gasteiger partial charge in [0.05, 0.1) is 0 Å². The van der Waals surface area contributed by atoms with Crippen LogP contribution in [0.4, 0.5) is 0 Å². The van der Waals surface area contributed by atoms with Gasteiger partial charge in [-0.3, -0.25) is 9.69 Å². The minimum atomic E-state index is 0.0387. The van der Waals surface area contributed by atoms with Gasteiger partial charge in [0.2, 0.25) is 0 Å². The van der Waals surface area contributed by atoms with Crippen molar-refractivity contribution in [1.29, 1.82) is 0 Å². The number of hydrogen-bond acceptors (Lipinski definition) is 2. The maximum Gasteiger partial charge on any atom is 0.268 e. The van der Waals surface area contributed by atoms with Crippen molar-refractivity contribution in [3.8, 4) is 0 Å². The summed E-state index contributed by atoms with van der Waals surface area (Å²) in [6, 6.07) is 2.18. The van der Waals surface area contributed by atoms with Gasteiger partial charge in [-0.2, -0.15) is 0 Å². The van der Waals surface area contributed by atoms with Crippen molar-refractivity contribution in [3.63, 3.8) is 0 Å². The lowest BCUT2D eigenvalue weighted by atomic mass is 9.98. The zero-order valence-corrected chi connectivity index (χ0v) is 15.0. The summed E-state index contributed by atoms with van der Waals surface area (Å²) < 4.78 is 2.93. The van der Waals surface area contributed by atoms with Crippen LogP contribution in [0.15, 0.2) is 16.7 Å². The van der Waals surface area contributed by atoms with Crippen LogP contribution in [-0.2, 0) is 6.54 Å². The van der Waals surface area contributed by atoms with Crippen LogP contribution in [0.2, 0.25) is 0 Å².